The summed E-state index contributed by atoms with van der Waals surface area (Å²) in [6.45, 7) is 6.50. The largest absolute Gasteiger partial charge is 0.383 e. The number of carbonyl (C=O) groups excluding carboxylic acids is 1. The van der Waals surface area contributed by atoms with E-state index in [0.717, 1.165) is 11.3 Å². The first-order chi connectivity index (χ1) is 9.43. The van der Waals surface area contributed by atoms with E-state index in [1.54, 1.807) is 7.11 Å². The second-order valence-electron chi connectivity index (χ2n) is 5.31. The van der Waals surface area contributed by atoms with Crippen LogP contribution in [0.3, 0.4) is 0 Å². The van der Waals surface area contributed by atoms with Gasteiger partial charge in [0.15, 0.2) is 0 Å². The molecule has 0 aliphatic carbocycles. The molecular formula is C15H25N3O2. The van der Waals surface area contributed by atoms with Crippen LogP contribution < -0.4 is 16.4 Å². The molecule has 0 aliphatic rings. The highest BCUT2D eigenvalue weighted by molar-refractivity contribution is 5.89. The van der Waals surface area contributed by atoms with E-state index in [9.17, 15) is 4.79 Å². The molecule has 0 saturated carbocycles. The minimum atomic E-state index is -0.228. The molecule has 5 nitrogen and oxygen atoms in total. The second-order valence-corrected chi connectivity index (χ2v) is 5.31. The number of methoxy groups -OCH3 is 1. The Kier molecular flexibility index (Phi) is 6.48. The first kappa shape index (κ1) is 16.5. The zero-order valence-electron chi connectivity index (χ0n) is 12.6. The fourth-order valence-corrected chi connectivity index (χ4v) is 1.79. The number of amides is 2. The molecule has 1 aromatic carbocycles. The molecule has 0 spiro atoms. The van der Waals surface area contributed by atoms with Crippen LogP contribution >= 0.6 is 0 Å². The second kappa shape index (κ2) is 7.87. The van der Waals surface area contributed by atoms with Crippen LogP contribution in [-0.2, 0) is 4.74 Å². The van der Waals surface area contributed by atoms with Crippen molar-refractivity contribution in [2.24, 2.45) is 11.7 Å². The van der Waals surface area contributed by atoms with Gasteiger partial charge in [-0.05, 0) is 30.5 Å². The van der Waals surface area contributed by atoms with Crippen LogP contribution in [0.4, 0.5) is 10.5 Å². The van der Waals surface area contributed by atoms with Gasteiger partial charge in [0, 0.05) is 18.8 Å². The Balaban J connectivity index is 2.57. The molecule has 0 heterocycles. The number of anilines is 1. The maximum Gasteiger partial charge on any atom is 0.319 e. The number of benzene rings is 1. The summed E-state index contributed by atoms with van der Waals surface area (Å²) in [5.41, 5.74) is 7.56. The summed E-state index contributed by atoms with van der Waals surface area (Å²) in [5, 5.41) is 5.71. The average Bonchev–Trinajstić information content (AvgIpc) is 2.38. The minimum Gasteiger partial charge on any atom is -0.383 e. The van der Waals surface area contributed by atoms with E-state index in [1.165, 1.54) is 0 Å². The molecule has 2 unspecified atom stereocenters. The van der Waals surface area contributed by atoms with Gasteiger partial charge in [0.05, 0.1) is 12.6 Å². The van der Waals surface area contributed by atoms with E-state index in [2.05, 4.69) is 10.6 Å². The van der Waals surface area contributed by atoms with Crippen molar-refractivity contribution < 1.29 is 9.53 Å². The van der Waals surface area contributed by atoms with Crippen molar-refractivity contribution in [3.05, 3.63) is 29.8 Å². The lowest BCUT2D eigenvalue weighted by Gasteiger charge is -2.21. The summed E-state index contributed by atoms with van der Waals surface area (Å²) in [7, 11) is 1.63. The molecule has 2 atom stereocenters. The summed E-state index contributed by atoms with van der Waals surface area (Å²) in [5.74, 6) is 0.307. The van der Waals surface area contributed by atoms with Gasteiger partial charge in [0.2, 0.25) is 0 Å². The van der Waals surface area contributed by atoms with E-state index in [0.29, 0.717) is 12.5 Å². The molecule has 0 aliphatic heterocycles. The van der Waals surface area contributed by atoms with Gasteiger partial charge < -0.3 is 21.1 Å². The third-order valence-corrected chi connectivity index (χ3v) is 3.16. The number of urea groups is 1. The van der Waals surface area contributed by atoms with Crippen molar-refractivity contribution >= 4 is 11.7 Å². The SMILES string of the molecule is COCC(NC(=O)Nc1ccc(C(C)N)cc1)C(C)C. The zero-order chi connectivity index (χ0) is 15.1. The minimum absolute atomic E-state index is 0.00935. The lowest BCUT2D eigenvalue weighted by Crippen LogP contribution is -2.43. The highest BCUT2D eigenvalue weighted by Gasteiger charge is 2.15. The number of carbonyl (C=O) groups is 1. The average molecular weight is 279 g/mol. The number of ether oxygens (including phenoxy) is 1. The third kappa shape index (κ3) is 5.19. The van der Waals surface area contributed by atoms with E-state index >= 15 is 0 Å². The Morgan fingerprint density at radius 3 is 2.30 bits per heavy atom. The molecule has 112 valence electrons. The van der Waals surface area contributed by atoms with Crippen molar-refractivity contribution in [1.82, 2.24) is 5.32 Å². The molecule has 0 bridgehead atoms. The van der Waals surface area contributed by atoms with Crippen molar-refractivity contribution in [3.8, 4) is 0 Å². The fraction of sp³-hybridized carbons (Fsp3) is 0.533. The number of nitrogens with two attached hydrogens (primary N) is 1. The van der Waals surface area contributed by atoms with Gasteiger partial charge in [-0.1, -0.05) is 26.0 Å². The standard InChI is InChI=1S/C15H25N3O2/c1-10(2)14(9-20-4)18-15(19)17-13-7-5-12(6-8-13)11(3)16/h5-8,10-11,14H,9,16H2,1-4H3,(H2,17,18,19). The van der Waals surface area contributed by atoms with Gasteiger partial charge in [-0.25, -0.2) is 4.79 Å². The lowest BCUT2D eigenvalue weighted by molar-refractivity contribution is 0.150. The summed E-state index contributed by atoms with van der Waals surface area (Å²) >= 11 is 0. The quantitative estimate of drug-likeness (QED) is 0.749. The normalized spacial score (nSPS) is 13.9. The Hall–Kier alpha value is -1.59. The van der Waals surface area contributed by atoms with Crippen LogP contribution in [0.5, 0.6) is 0 Å². The van der Waals surface area contributed by atoms with Gasteiger partial charge in [-0.3, -0.25) is 0 Å². The predicted molar refractivity (Wildman–Crippen MR) is 81.7 cm³/mol. The fourth-order valence-electron chi connectivity index (χ4n) is 1.79. The first-order valence-corrected chi connectivity index (χ1v) is 6.86. The molecule has 1 aromatic rings. The molecule has 2 amide bonds. The van der Waals surface area contributed by atoms with E-state index in [1.807, 2.05) is 45.0 Å². The van der Waals surface area contributed by atoms with Gasteiger partial charge in [0.1, 0.15) is 0 Å². The first-order valence-electron chi connectivity index (χ1n) is 6.86. The summed E-state index contributed by atoms with van der Waals surface area (Å²) in [4.78, 5) is 11.9. The number of nitrogens with one attached hydrogen (secondary N) is 2. The molecule has 5 heteroatoms. The van der Waals surface area contributed by atoms with Crippen LogP contribution in [0.25, 0.3) is 0 Å². The van der Waals surface area contributed by atoms with Crippen LogP contribution in [-0.4, -0.2) is 25.8 Å². The van der Waals surface area contributed by atoms with Crippen molar-refractivity contribution in [3.63, 3.8) is 0 Å². The lowest BCUT2D eigenvalue weighted by atomic mass is 10.1. The molecule has 0 radical (unpaired) electrons. The Bertz CT molecular complexity index is 416. The van der Waals surface area contributed by atoms with E-state index in [-0.39, 0.29) is 18.1 Å². The highest BCUT2D eigenvalue weighted by atomic mass is 16.5. The predicted octanol–water partition coefficient (Wildman–Crippen LogP) is 2.50. The molecule has 4 N–H and O–H groups in total. The van der Waals surface area contributed by atoms with Gasteiger partial charge in [-0.2, -0.15) is 0 Å². The summed E-state index contributed by atoms with van der Waals surface area (Å²) in [6.07, 6.45) is 0. The molecule has 1 rings (SSSR count). The van der Waals surface area contributed by atoms with Gasteiger partial charge >= 0.3 is 6.03 Å². The number of hydrogen-bond acceptors (Lipinski definition) is 3. The Labute approximate surface area is 120 Å². The Morgan fingerprint density at radius 1 is 1.25 bits per heavy atom. The van der Waals surface area contributed by atoms with Crippen LogP contribution in [0.15, 0.2) is 24.3 Å². The highest BCUT2D eigenvalue weighted by Crippen LogP contribution is 2.14. The van der Waals surface area contributed by atoms with Crippen molar-refractivity contribution in [1.29, 1.82) is 0 Å². The molecule has 20 heavy (non-hydrogen) atoms. The summed E-state index contributed by atoms with van der Waals surface area (Å²) < 4.78 is 5.10. The monoisotopic (exact) mass is 279 g/mol. The smallest absolute Gasteiger partial charge is 0.319 e. The molecular weight excluding hydrogens is 254 g/mol. The van der Waals surface area contributed by atoms with Crippen LogP contribution in [0.2, 0.25) is 0 Å². The Morgan fingerprint density at radius 2 is 1.85 bits per heavy atom. The summed E-state index contributed by atoms with van der Waals surface area (Å²) in [6, 6.07) is 7.27. The van der Waals surface area contributed by atoms with Gasteiger partial charge in [0.25, 0.3) is 0 Å². The number of rotatable bonds is 6. The van der Waals surface area contributed by atoms with E-state index < -0.39 is 0 Å². The molecule has 0 saturated heterocycles. The maximum atomic E-state index is 11.9. The zero-order valence-corrected chi connectivity index (χ0v) is 12.6. The van der Waals surface area contributed by atoms with Gasteiger partial charge in [-0.15, -0.1) is 0 Å². The van der Waals surface area contributed by atoms with Crippen LogP contribution in [0, 0.1) is 5.92 Å². The van der Waals surface area contributed by atoms with Crippen LogP contribution in [0.1, 0.15) is 32.4 Å². The molecule has 0 aromatic heterocycles. The topological polar surface area (TPSA) is 76.4 Å². The van der Waals surface area contributed by atoms with Crippen molar-refractivity contribution in [2.45, 2.75) is 32.9 Å². The molecule has 0 fully saturated rings. The third-order valence-electron chi connectivity index (χ3n) is 3.16. The maximum absolute atomic E-state index is 11.9. The number of hydrogen-bond donors (Lipinski definition) is 3. The van der Waals surface area contributed by atoms with Crippen molar-refractivity contribution in [2.75, 3.05) is 19.0 Å². The van der Waals surface area contributed by atoms with E-state index in [4.69, 9.17) is 10.5 Å².